The number of hydrogen-bond acceptors (Lipinski definition) is 4. The minimum atomic E-state index is -0.110. The van der Waals surface area contributed by atoms with Crippen LogP contribution in [0.5, 0.6) is 23.0 Å². The number of phenols is 4. The van der Waals surface area contributed by atoms with Gasteiger partial charge in [-0.2, -0.15) is 0 Å². The zero-order chi connectivity index (χ0) is 27.2. The Balaban J connectivity index is 0.000000178. The minimum Gasteiger partial charge on any atom is -0.508 e. The second kappa shape index (κ2) is 11.6. The standard InChI is InChI=1S/C18H20O2.C16H18O2/c19-16-8-4-14(5-9-16)18(12-2-1-3-13-18)15-6-10-17(20)11-7-15;1-3-16(2,12-4-8-14(17)9-5-12)13-6-10-15(18)11-7-13/h4-11,19-20H,1-3,12-13H2;4-11,17-18H,3H2,1-2H3. The Morgan fingerprint density at radius 3 is 1.16 bits per heavy atom. The van der Waals surface area contributed by atoms with Gasteiger partial charge in [-0.05, 0) is 90.0 Å². The fourth-order valence-corrected chi connectivity index (χ4v) is 5.69. The second-order valence-electron chi connectivity index (χ2n) is 10.5. The molecule has 0 atom stereocenters. The molecule has 1 fully saturated rings. The average molecular weight is 511 g/mol. The van der Waals surface area contributed by atoms with Crippen LogP contribution in [0.15, 0.2) is 97.1 Å². The molecule has 0 aliphatic heterocycles. The first-order valence-electron chi connectivity index (χ1n) is 13.4. The van der Waals surface area contributed by atoms with E-state index in [1.807, 2.05) is 48.5 Å². The van der Waals surface area contributed by atoms with Crippen molar-refractivity contribution >= 4 is 0 Å². The first-order chi connectivity index (χ1) is 18.3. The lowest BCUT2D eigenvalue weighted by atomic mass is 9.65. The molecule has 0 bridgehead atoms. The van der Waals surface area contributed by atoms with Gasteiger partial charge in [-0.3, -0.25) is 0 Å². The molecule has 38 heavy (non-hydrogen) atoms. The summed E-state index contributed by atoms with van der Waals surface area (Å²) in [5.74, 6) is 1.18. The van der Waals surface area contributed by atoms with Crippen LogP contribution in [0.3, 0.4) is 0 Å². The van der Waals surface area contributed by atoms with Gasteiger partial charge < -0.3 is 20.4 Å². The maximum absolute atomic E-state index is 9.51. The molecule has 4 nitrogen and oxygen atoms in total. The quantitative estimate of drug-likeness (QED) is 0.218. The van der Waals surface area contributed by atoms with Gasteiger partial charge in [0.15, 0.2) is 0 Å². The van der Waals surface area contributed by atoms with Crippen LogP contribution in [-0.2, 0) is 10.8 Å². The van der Waals surface area contributed by atoms with Gasteiger partial charge in [0.2, 0.25) is 0 Å². The van der Waals surface area contributed by atoms with Gasteiger partial charge in [0.25, 0.3) is 0 Å². The van der Waals surface area contributed by atoms with Crippen LogP contribution in [0, 0.1) is 0 Å². The Morgan fingerprint density at radius 2 is 0.842 bits per heavy atom. The molecular formula is C34H38O4. The third kappa shape index (κ3) is 5.80. The predicted octanol–water partition coefficient (Wildman–Crippen LogP) is 8.16. The number of phenolic OH excluding ortho intramolecular Hbond substituents is 4. The Labute approximate surface area is 225 Å². The van der Waals surface area contributed by atoms with Crippen LogP contribution in [0.2, 0.25) is 0 Å². The summed E-state index contributed by atoms with van der Waals surface area (Å²) < 4.78 is 0. The minimum absolute atomic E-state index is 0.0274. The van der Waals surface area contributed by atoms with E-state index in [1.165, 1.54) is 30.4 Å². The van der Waals surface area contributed by atoms with E-state index in [0.717, 1.165) is 30.4 Å². The maximum atomic E-state index is 9.51. The lowest BCUT2D eigenvalue weighted by Gasteiger charge is -2.38. The van der Waals surface area contributed by atoms with Crippen LogP contribution in [0.4, 0.5) is 0 Å². The van der Waals surface area contributed by atoms with Gasteiger partial charge >= 0.3 is 0 Å². The van der Waals surface area contributed by atoms with Gasteiger partial charge in [0.1, 0.15) is 23.0 Å². The van der Waals surface area contributed by atoms with Crippen molar-refractivity contribution in [3.63, 3.8) is 0 Å². The Bertz CT molecular complexity index is 1190. The average Bonchev–Trinajstić information content (AvgIpc) is 2.95. The molecule has 198 valence electrons. The lowest BCUT2D eigenvalue weighted by molar-refractivity contribution is 0.345. The summed E-state index contributed by atoms with van der Waals surface area (Å²) in [5.41, 5.74) is 4.77. The molecule has 4 N–H and O–H groups in total. The summed E-state index contributed by atoms with van der Waals surface area (Å²) in [6.07, 6.45) is 6.94. The van der Waals surface area contributed by atoms with E-state index in [-0.39, 0.29) is 22.3 Å². The van der Waals surface area contributed by atoms with Crippen molar-refractivity contribution in [2.75, 3.05) is 0 Å². The predicted molar refractivity (Wildman–Crippen MR) is 153 cm³/mol. The molecule has 1 aliphatic carbocycles. The van der Waals surface area contributed by atoms with Gasteiger partial charge in [-0.1, -0.05) is 81.6 Å². The smallest absolute Gasteiger partial charge is 0.115 e. The highest BCUT2D eigenvalue weighted by Crippen LogP contribution is 2.45. The lowest BCUT2D eigenvalue weighted by Crippen LogP contribution is -2.30. The van der Waals surface area contributed by atoms with E-state index in [1.54, 1.807) is 48.5 Å². The van der Waals surface area contributed by atoms with Crippen LogP contribution >= 0.6 is 0 Å². The number of benzene rings is 4. The van der Waals surface area contributed by atoms with Crippen LogP contribution in [0.25, 0.3) is 0 Å². The molecule has 0 spiro atoms. The van der Waals surface area contributed by atoms with E-state index < -0.39 is 0 Å². The normalized spacial score (nSPS) is 14.8. The molecule has 4 heteroatoms. The molecule has 0 aromatic heterocycles. The van der Waals surface area contributed by atoms with Crippen molar-refractivity contribution in [2.24, 2.45) is 0 Å². The van der Waals surface area contributed by atoms with Crippen molar-refractivity contribution in [3.8, 4) is 23.0 Å². The van der Waals surface area contributed by atoms with Crippen molar-refractivity contribution in [1.82, 2.24) is 0 Å². The molecule has 5 rings (SSSR count). The molecule has 4 aromatic rings. The highest BCUT2D eigenvalue weighted by Gasteiger charge is 2.35. The van der Waals surface area contributed by atoms with Gasteiger partial charge in [0.05, 0.1) is 0 Å². The largest absolute Gasteiger partial charge is 0.508 e. The fraction of sp³-hybridized carbons (Fsp3) is 0.294. The zero-order valence-corrected chi connectivity index (χ0v) is 22.3. The fourth-order valence-electron chi connectivity index (χ4n) is 5.69. The zero-order valence-electron chi connectivity index (χ0n) is 22.3. The summed E-state index contributed by atoms with van der Waals surface area (Å²) in [7, 11) is 0. The van der Waals surface area contributed by atoms with Crippen molar-refractivity contribution in [1.29, 1.82) is 0 Å². The Kier molecular flexibility index (Phi) is 8.31. The molecule has 0 amide bonds. The van der Waals surface area contributed by atoms with E-state index in [2.05, 4.69) is 13.8 Å². The van der Waals surface area contributed by atoms with Gasteiger partial charge in [0, 0.05) is 10.8 Å². The highest BCUT2D eigenvalue weighted by atomic mass is 16.3. The van der Waals surface area contributed by atoms with Crippen LogP contribution in [-0.4, -0.2) is 20.4 Å². The van der Waals surface area contributed by atoms with Crippen molar-refractivity contribution in [3.05, 3.63) is 119 Å². The number of aromatic hydroxyl groups is 4. The molecule has 0 radical (unpaired) electrons. The first-order valence-corrected chi connectivity index (χ1v) is 13.4. The number of hydrogen-bond donors (Lipinski definition) is 4. The van der Waals surface area contributed by atoms with Crippen molar-refractivity contribution in [2.45, 2.75) is 63.2 Å². The van der Waals surface area contributed by atoms with Gasteiger partial charge in [-0.15, -0.1) is 0 Å². The molecule has 0 unspecified atom stereocenters. The number of rotatable bonds is 5. The van der Waals surface area contributed by atoms with E-state index in [9.17, 15) is 20.4 Å². The van der Waals surface area contributed by atoms with Crippen LogP contribution in [0.1, 0.15) is 74.6 Å². The topological polar surface area (TPSA) is 80.9 Å². The summed E-state index contributed by atoms with van der Waals surface area (Å²) in [5, 5.41) is 37.8. The Morgan fingerprint density at radius 1 is 0.526 bits per heavy atom. The second-order valence-corrected chi connectivity index (χ2v) is 10.5. The Hall–Kier alpha value is -3.92. The summed E-state index contributed by atoms with van der Waals surface area (Å²) in [6, 6.07) is 29.9. The first kappa shape index (κ1) is 27.1. The summed E-state index contributed by atoms with van der Waals surface area (Å²) in [6.45, 7) is 4.31. The summed E-state index contributed by atoms with van der Waals surface area (Å²) >= 11 is 0. The van der Waals surface area contributed by atoms with E-state index >= 15 is 0 Å². The third-order valence-electron chi connectivity index (χ3n) is 8.26. The van der Waals surface area contributed by atoms with Crippen LogP contribution < -0.4 is 0 Å². The molecule has 1 saturated carbocycles. The summed E-state index contributed by atoms with van der Waals surface area (Å²) in [4.78, 5) is 0. The van der Waals surface area contributed by atoms with Gasteiger partial charge in [-0.25, -0.2) is 0 Å². The molecular weight excluding hydrogens is 472 g/mol. The van der Waals surface area contributed by atoms with Crippen molar-refractivity contribution < 1.29 is 20.4 Å². The molecule has 1 aliphatic rings. The van der Waals surface area contributed by atoms with E-state index in [4.69, 9.17) is 0 Å². The highest BCUT2D eigenvalue weighted by molar-refractivity contribution is 5.44. The SMILES string of the molecule is CCC(C)(c1ccc(O)cc1)c1ccc(O)cc1.Oc1ccc(C2(c3ccc(O)cc3)CCCCC2)cc1. The molecule has 4 aromatic carbocycles. The molecule has 0 heterocycles. The third-order valence-corrected chi connectivity index (χ3v) is 8.26. The monoisotopic (exact) mass is 510 g/mol. The molecule has 0 saturated heterocycles. The van der Waals surface area contributed by atoms with E-state index in [0.29, 0.717) is 11.5 Å². The maximum Gasteiger partial charge on any atom is 0.115 e.